The van der Waals surface area contributed by atoms with Gasteiger partial charge in [-0.1, -0.05) is 17.7 Å². The Bertz CT molecular complexity index is 336. The number of hydrogen-bond donors (Lipinski definition) is 2. The summed E-state index contributed by atoms with van der Waals surface area (Å²) in [7, 11) is 1.65. The molecule has 0 aliphatic heterocycles. The first-order valence-corrected chi connectivity index (χ1v) is 5.78. The van der Waals surface area contributed by atoms with Crippen molar-refractivity contribution in [2.24, 2.45) is 0 Å². The number of benzene rings is 1. The molecule has 17 heavy (non-hydrogen) atoms. The molecule has 0 aliphatic carbocycles. The third kappa shape index (κ3) is 5.92. The molecule has 0 aliphatic rings. The largest absolute Gasteiger partial charge is 0.385 e. The monoisotopic (exact) mass is 236 g/mol. The first kappa shape index (κ1) is 13.5. The Hall–Kier alpha value is -1.55. The molecule has 0 saturated heterocycles. The second-order valence-corrected chi connectivity index (χ2v) is 3.92. The highest BCUT2D eigenvalue weighted by molar-refractivity contribution is 5.80. The van der Waals surface area contributed by atoms with Crippen molar-refractivity contribution in [1.82, 2.24) is 5.32 Å². The standard InChI is InChI=1S/C13H20N2O2/c1-11-4-6-12(7-5-11)15-10-13(16)14-8-3-9-17-2/h4-7,15H,3,8-10H2,1-2H3,(H,14,16). The Balaban J connectivity index is 2.17. The number of nitrogens with one attached hydrogen (secondary N) is 2. The molecule has 0 bridgehead atoms. The molecule has 2 N–H and O–H groups in total. The van der Waals surface area contributed by atoms with Gasteiger partial charge in [-0.2, -0.15) is 0 Å². The number of methoxy groups -OCH3 is 1. The number of carbonyl (C=O) groups is 1. The third-order valence-electron chi connectivity index (χ3n) is 2.35. The molecular formula is C13H20N2O2. The van der Waals surface area contributed by atoms with Crippen molar-refractivity contribution in [3.63, 3.8) is 0 Å². The van der Waals surface area contributed by atoms with Crippen LogP contribution in [-0.2, 0) is 9.53 Å². The van der Waals surface area contributed by atoms with Gasteiger partial charge in [0.1, 0.15) is 0 Å². The van der Waals surface area contributed by atoms with E-state index in [1.165, 1.54) is 5.56 Å². The maximum atomic E-state index is 11.4. The van der Waals surface area contributed by atoms with Crippen LogP contribution in [0.4, 0.5) is 5.69 Å². The van der Waals surface area contributed by atoms with E-state index in [1.54, 1.807) is 7.11 Å². The quantitative estimate of drug-likeness (QED) is 0.706. The molecular weight excluding hydrogens is 216 g/mol. The van der Waals surface area contributed by atoms with Gasteiger partial charge in [0.15, 0.2) is 0 Å². The lowest BCUT2D eigenvalue weighted by molar-refractivity contribution is -0.119. The van der Waals surface area contributed by atoms with E-state index in [0.717, 1.165) is 12.1 Å². The average molecular weight is 236 g/mol. The summed E-state index contributed by atoms with van der Waals surface area (Å²) >= 11 is 0. The van der Waals surface area contributed by atoms with Gasteiger partial charge in [0.2, 0.25) is 5.91 Å². The Kier molecular flexibility index (Phi) is 6.10. The predicted octanol–water partition coefficient (Wildman–Crippen LogP) is 1.56. The number of rotatable bonds is 7. The van der Waals surface area contributed by atoms with Gasteiger partial charge in [-0.15, -0.1) is 0 Å². The van der Waals surface area contributed by atoms with E-state index in [4.69, 9.17) is 4.74 Å². The van der Waals surface area contributed by atoms with Gasteiger partial charge < -0.3 is 15.4 Å². The highest BCUT2D eigenvalue weighted by Gasteiger charge is 1.99. The highest BCUT2D eigenvalue weighted by Crippen LogP contribution is 2.07. The number of hydrogen-bond acceptors (Lipinski definition) is 3. The lowest BCUT2D eigenvalue weighted by atomic mass is 10.2. The van der Waals surface area contributed by atoms with Crippen molar-refractivity contribution >= 4 is 11.6 Å². The van der Waals surface area contributed by atoms with E-state index in [0.29, 0.717) is 19.7 Å². The van der Waals surface area contributed by atoms with Crippen LogP contribution in [-0.4, -0.2) is 32.7 Å². The van der Waals surface area contributed by atoms with Gasteiger partial charge in [-0.25, -0.2) is 0 Å². The van der Waals surface area contributed by atoms with E-state index < -0.39 is 0 Å². The number of aryl methyl sites for hydroxylation is 1. The van der Waals surface area contributed by atoms with Crippen molar-refractivity contribution in [1.29, 1.82) is 0 Å². The number of anilines is 1. The fourth-order valence-electron chi connectivity index (χ4n) is 1.36. The predicted molar refractivity (Wildman–Crippen MR) is 69.2 cm³/mol. The summed E-state index contributed by atoms with van der Waals surface area (Å²) in [5.41, 5.74) is 2.17. The van der Waals surface area contributed by atoms with Gasteiger partial charge in [-0.05, 0) is 25.5 Å². The Morgan fingerprint density at radius 1 is 1.29 bits per heavy atom. The van der Waals surface area contributed by atoms with Gasteiger partial charge in [-0.3, -0.25) is 4.79 Å². The zero-order valence-electron chi connectivity index (χ0n) is 10.5. The van der Waals surface area contributed by atoms with E-state index in [2.05, 4.69) is 10.6 Å². The van der Waals surface area contributed by atoms with Gasteiger partial charge in [0, 0.05) is 25.9 Å². The number of carbonyl (C=O) groups excluding carboxylic acids is 1. The van der Waals surface area contributed by atoms with Gasteiger partial charge >= 0.3 is 0 Å². The Morgan fingerprint density at radius 2 is 2.00 bits per heavy atom. The summed E-state index contributed by atoms with van der Waals surface area (Å²) in [4.78, 5) is 11.4. The molecule has 4 nitrogen and oxygen atoms in total. The van der Waals surface area contributed by atoms with E-state index in [9.17, 15) is 4.79 Å². The molecule has 1 rings (SSSR count). The Morgan fingerprint density at radius 3 is 2.65 bits per heavy atom. The van der Waals surface area contributed by atoms with Crippen LogP contribution in [0.2, 0.25) is 0 Å². The number of ether oxygens (including phenoxy) is 1. The molecule has 0 fully saturated rings. The molecule has 0 heterocycles. The third-order valence-corrected chi connectivity index (χ3v) is 2.35. The summed E-state index contributed by atoms with van der Waals surface area (Å²) in [6.45, 7) is 3.66. The smallest absolute Gasteiger partial charge is 0.239 e. The fourth-order valence-corrected chi connectivity index (χ4v) is 1.36. The van der Waals surface area contributed by atoms with Crippen LogP contribution in [0.25, 0.3) is 0 Å². The maximum absolute atomic E-state index is 11.4. The van der Waals surface area contributed by atoms with Gasteiger partial charge in [0.05, 0.1) is 6.54 Å². The van der Waals surface area contributed by atoms with Crippen LogP contribution in [0.15, 0.2) is 24.3 Å². The molecule has 94 valence electrons. The minimum absolute atomic E-state index is 0.00155. The van der Waals surface area contributed by atoms with Crippen molar-refractivity contribution < 1.29 is 9.53 Å². The SMILES string of the molecule is COCCCNC(=O)CNc1ccc(C)cc1. The summed E-state index contributed by atoms with van der Waals surface area (Å²) < 4.78 is 4.90. The molecule has 0 spiro atoms. The topological polar surface area (TPSA) is 50.4 Å². The zero-order chi connectivity index (χ0) is 12.5. The first-order valence-electron chi connectivity index (χ1n) is 5.78. The summed E-state index contributed by atoms with van der Waals surface area (Å²) in [6.07, 6.45) is 0.840. The molecule has 0 aromatic heterocycles. The van der Waals surface area contributed by atoms with E-state index in [1.807, 2.05) is 31.2 Å². The van der Waals surface area contributed by atoms with Crippen molar-refractivity contribution in [3.05, 3.63) is 29.8 Å². The van der Waals surface area contributed by atoms with Crippen LogP contribution in [0.3, 0.4) is 0 Å². The molecule has 4 heteroatoms. The zero-order valence-corrected chi connectivity index (χ0v) is 10.5. The van der Waals surface area contributed by atoms with Gasteiger partial charge in [0.25, 0.3) is 0 Å². The van der Waals surface area contributed by atoms with Crippen LogP contribution < -0.4 is 10.6 Å². The molecule has 0 atom stereocenters. The lowest BCUT2D eigenvalue weighted by Gasteiger charge is -2.07. The second kappa shape index (κ2) is 7.68. The first-order chi connectivity index (χ1) is 8.22. The molecule has 1 aromatic carbocycles. The van der Waals surface area contributed by atoms with Crippen molar-refractivity contribution in [2.45, 2.75) is 13.3 Å². The summed E-state index contributed by atoms with van der Waals surface area (Å²) in [5.74, 6) is 0.00155. The van der Waals surface area contributed by atoms with E-state index >= 15 is 0 Å². The molecule has 0 radical (unpaired) electrons. The summed E-state index contributed by atoms with van der Waals surface area (Å²) in [5, 5.41) is 5.89. The van der Waals surface area contributed by atoms with Crippen molar-refractivity contribution in [2.75, 3.05) is 32.1 Å². The Labute approximate surface area is 102 Å². The lowest BCUT2D eigenvalue weighted by Crippen LogP contribution is -2.31. The minimum Gasteiger partial charge on any atom is -0.385 e. The maximum Gasteiger partial charge on any atom is 0.239 e. The number of amides is 1. The second-order valence-electron chi connectivity index (χ2n) is 3.92. The minimum atomic E-state index is 0.00155. The molecule has 1 aromatic rings. The molecule has 0 unspecified atom stereocenters. The van der Waals surface area contributed by atoms with Crippen LogP contribution in [0.5, 0.6) is 0 Å². The summed E-state index contributed by atoms with van der Waals surface area (Å²) in [6, 6.07) is 7.96. The van der Waals surface area contributed by atoms with Crippen LogP contribution in [0.1, 0.15) is 12.0 Å². The van der Waals surface area contributed by atoms with E-state index in [-0.39, 0.29) is 5.91 Å². The molecule has 0 saturated carbocycles. The highest BCUT2D eigenvalue weighted by atomic mass is 16.5. The fraction of sp³-hybridized carbons (Fsp3) is 0.462. The van der Waals surface area contributed by atoms with Crippen LogP contribution in [0, 0.1) is 6.92 Å². The average Bonchev–Trinajstić information content (AvgIpc) is 2.34. The van der Waals surface area contributed by atoms with Crippen LogP contribution >= 0.6 is 0 Å². The normalized spacial score (nSPS) is 10.0. The van der Waals surface area contributed by atoms with Crippen molar-refractivity contribution in [3.8, 4) is 0 Å². The molecule has 1 amide bonds.